The van der Waals surface area contributed by atoms with Gasteiger partial charge in [0.1, 0.15) is 6.04 Å². The first-order chi connectivity index (χ1) is 11.5. The molecule has 0 aromatic carbocycles. The maximum Gasteiger partial charge on any atom is 0.264 e. The van der Waals surface area contributed by atoms with Gasteiger partial charge in [0.15, 0.2) is 0 Å². The highest BCUT2D eigenvalue weighted by Gasteiger charge is 2.32. The Kier molecular flexibility index (Phi) is 6.78. The van der Waals surface area contributed by atoms with Crippen LogP contribution in [0, 0.1) is 0 Å². The number of carbonyl (C=O) groups is 3. The molecule has 1 fully saturated rings. The van der Waals surface area contributed by atoms with Gasteiger partial charge in [0.05, 0.1) is 4.88 Å². The minimum absolute atomic E-state index is 0.0811. The van der Waals surface area contributed by atoms with Gasteiger partial charge >= 0.3 is 0 Å². The van der Waals surface area contributed by atoms with E-state index in [1.807, 2.05) is 25.3 Å². The zero-order valence-electron chi connectivity index (χ0n) is 14.2. The maximum absolute atomic E-state index is 12.6. The molecule has 1 atom stereocenters. The van der Waals surface area contributed by atoms with Crippen molar-refractivity contribution in [3.63, 3.8) is 0 Å². The van der Waals surface area contributed by atoms with Gasteiger partial charge in [-0.15, -0.1) is 11.3 Å². The molecule has 0 aliphatic carbocycles. The van der Waals surface area contributed by atoms with E-state index in [2.05, 4.69) is 10.6 Å². The van der Waals surface area contributed by atoms with E-state index in [4.69, 9.17) is 0 Å². The Morgan fingerprint density at radius 2 is 2.12 bits per heavy atom. The van der Waals surface area contributed by atoms with Crippen LogP contribution in [0.3, 0.4) is 0 Å². The lowest BCUT2D eigenvalue weighted by Crippen LogP contribution is -2.52. The predicted octanol–water partition coefficient (Wildman–Crippen LogP) is 1.77. The van der Waals surface area contributed by atoms with Gasteiger partial charge in [0.25, 0.3) is 5.91 Å². The number of likely N-dealkylation sites (tertiary alicyclic amines) is 1. The summed E-state index contributed by atoms with van der Waals surface area (Å²) in [7, 11) is 0. The van der Waals surface area contributed by atoms with Crippen LogP contribution >= 0.6 is 11.3 Å². The van der Waals surface area contributed by atoms with Gasteiger partial charge in [-0.3, -0.25) is 14.4 Å². The van der Waals surface area contributed by atoms with Gasteiger partial charge in [-0.1, -0.05) is 6.07 Å². The molecular weight excluding hydrogens is 326 g/mol. The molecule has 132 valence electrons. The van der Waals surface area contributed by atoms with Crippen molar-refractivity contribution in [1.82, 2.24) is 15.5 Å². The molecule has 2 N–H and O–H groups in total. The number of carbonyl (C=O) groups excluding carboxylic acids is 3. The molecule has 2 rings (SSSR count). The topological polar surface area (TPSA) is 78.5 Å². The number of nitrogens with zero attached hydrogens (tertiary/aromatic N) is 1. The van der Waals surface area contributed by atoms with Crippen molar-refractivity contribution in [2.24, 2.45) is 0 Å². The Balaban J connectivity index is 1.89. The fraction of sp³-hybridized carbons (Fsp3) is 0.588. The van der Waals surface area contributed by atoms with Crippen LogP contribution in [-0.2, 0) is 9.59 Å². The highest BCUT2D eigenvalue weighted by molar-refractivity contribution is 7.12. The van der Waals surface area contributed by atoms with Gasteiger partial charge in [-0.2, -0.15) is 0 Å². The molecule has 0 bridgehead atoms. The summed E-state index contributed by atoms with van der Waals surface area (Å²) in [5, 5.41) is 7.45. The third kappa shape index (κ3) is 5.06. The standard InChI is InChI=1S/C17H25N3O3S/c1-12(2)19-15(21)8-9-18-16(22)13-6-3-4-10-20(13)17(23)14-7-5-11-24-14/h5,7,11-13H,3-4,6,8-10H2,1-2H3,(H,18,22)(H,19,21). The summed E-state index contributed by atoms with van der Waals surface area (Å²) in [5.41, 5.74) is 0. The summed E-state index contributed by atoms with van der Waals surface area (Å²) >= 11 is 1.39. The number of nitrogens with one attached hydrogen (secondary N) is 2. The third-order valence-electron chi connectivity index (χ3n) is 3.90. The molecule has 1 unspecified atom stereocenters. The van der Waals surface area contributed by atoms with Crippen molar-refractivity contribution in [1.29, 1.82) is 0 Å². The molecule has 3 amide bonds. The second kappa shape index (κ2) is 8.82. The smallest absolute Gasteiger partial charge is 0.264 e. The van der Waals surface area contributed by atoms with E-state index in [9.17, 15) is 14.4 Å². The van der Waals surface area contributed by atoms with Crippen LogP contribution in [0.5, 0.6) is 0 Å². The van der Waals surface area contributed by atoms with E-state index < -0.39 is 6.04 Å². The average molecular weight is 351 g/mol. The zero-order valence-corrected chi connectivity index (χ0v) is 15.0. The summed E-state index contributed by atoms with van der Waals surface area (Å²) in [6, 6.07) is 3.27. The minimum Gasteiger partial charge on any atom is -0.354 e. The Hall–Kier alpha value is -1.89. The van der Waals surface area contributed by atoms with Gasteiger partial charge in [0, 0.05) is 25.6 Å². The molecule has 1 aliphatic rings. The van der Waals surface area contributed by atoms with Crippen LogP contribution in [0.15, 0.2) is 17.5 Å². The zero-order chi connectivity index (χ0) is 17.5. The normalized spacial score (nSPS) is 17.6. The third-order valence-corrected chi connectivity index (χ3v) is 4.76. The molecular formula is C17H25N3O3S. The number of hydrogen-bond acceptors (Lipinski definition) is 4. The second-order valence-corrected chi connectivity index (χ2v) is 7.20. The average Bonchev–Trinajstić information content (AvgIpc) is 3.07. The summed E-state index contributed by atoms with van der Waals surface area (Å²) in [4.78, 5) is 39.0. The lowest BCUT2D eigenvalue weighted by Gasteiger charge is -2.34. The van der Waals surface area contributed by atoms with E-state index in [-0.39, 0.29) is 36.7 Å². The molecule has 0 saturated carbocycles. The Bertz CT molecular complexity index is 572. The number of rotatable bonds is 6. The van der Waals surface area contributed by atoms with Crippen molar-refractivity contribution >= 4 is 29.1 Å². The molecule has 1 aliphatic heterocycles. The second-order valence-electron chi connectivity index (χ2n) is 6.25. The molecule has 1 saturated heterocycles. The van der Waals surface area contributed by atoms with E-state index >= 15 is 0 Å². The highest BCUT2D eigenvalue weighted by atomic mass is 32.1. The summed E-state index contributed by atoms with van der Waals surface area (Å²) < 4.78 is 0. The Morgan fingerprint density at radius 3 is 2.79 bits per heavy atom. The van der Waals surface area contributed by atoms with Crippen LogP contribution < -0.4 is 10.6 Å². The van der Waals surface area contributed by atoms with Crippen molar-refractivity contribution in [2.75, 3.05) is 13.1 Å². The van der Waals surface area contributed by atoms with Crippen LogP contribution in [0.1, 0.15) is 49.2 Å². The maximum atomic E-state index is 12.6. The van der Waals surface area contributed by atoms with Gasteiger partial charge in [-0.25, -0.2) is 0 Å². The SMILES string of the molecule is CC(C)NC(=O)CCNC(=O)C1CCCCN1C(=O)c1cccs1. The van der Waals surface area contributed by atoms with Gasteiger partial charge in [-0.05, 0) is 44.6 Å². The first-order valence-electron chi connectivity index (χ1n) is 8.40. The summed E-state index contributed by atoms with van der Waals surface area (Å²) in [5.74, 6) is -0.334. The molecule has 0 radical (unpaired) electrons. The molecule has 2 heterocycles. The monoisotopic (exact) mass is 351 g/mol. The quantitative estimate of drug-likeness (QED) is 0.820. The fourth-order valence-corrected chi connectivity index (χ4v) is 3.48. The van der Waals surface area contributed by atoms with Crippen LogP contribution in [-0.4, -0.2) is 47.8 Å². The number of thiophene rings is 1. The van der Waals surface area contributed by atoms with Gasteiger partial charge in [0.2, 0.25) is 11.8 Å². The first kappa shape index (κ1) is 18.4. The van der Waals surface area contributed by atoms with E-state index in [1.54, 1.807) is 11.0 Å². The van der Waals surface area contributed by atoms with Crippen molar-refractivity contribution in [2.45, 2.75) is 51.6 Å². The lowest BCUT2D eigenvalue weighted by atomic mass is 10.0. The first-order valence-corrected chi connectivity index (χ1v) is 9.28. The number of piperidine rings is 1. The molecule has 1 aromatic heterocycles. The molecule has 1 aromatic rings. The molecule has 0 spiro atoms. The molecule has 6 nitrogen and oxygen atoms in total. The highest BCUT2D eigenvalue weighted by Crippen LogP contribution is 2.21. The lowest BCUT2D eigenvalue weighted by molar-refractivity contribution is -0.127. The molecule has 7 heteroatoms. The Labute approximate surface area is 146 Å². The van der Waals surface area contributed by atoms with Crippen LogP contribution in [0.2, 0.25) is 0 Å². The van der Waals surface area contributed by atoms with E-state index in [0.29, 0.717) is 17.8 Å². The minimum atomic E-state index is -0.443. The number of hydrogen-bond donors (Lipinski definition) is 2. The molecule has 24 heavy (non-hydrogen) atoms. The predicted molar refractivity (Wildman–Crippen MR) is 93.9 cm³/mol. The van der Waals surface area contributed by atoms with Crippen molar-refractivity contribution < 1.29 is 14.4 Å². The van der Waals surface area contributed by atoms with E-state index in [1.165, 1.54) is 11.3 Å². The summed E-state index contributed by atoms with van der Waals surface area (Å²) in [6.07, 6.45) is 2.76. The van der Waals surface area contributed by atoms with Crippen molar-refractivity contribution in [3.05, 3.63) is 22.4 Å². The van der Waals surface area contributed by atoms with Crippen molar-refractivity contribution in [3.8, 4) is 0 Å². The number of amides is 3. The summed E-state index contributed by atoms with van der Waals surface area (Å²) in [6.45, 7) is 4.68. The van der Waals surface area contributed by atoms with E-state index in [0.717, 1.165) is 12.8 Å². The van der Waals surface area contributed by atoms with Gasteiger partial charge < -0.3 is 15.5 Å². The van der Waals surface area contributed by atoms with Crippen LogP contribution in [0.25, 0.3) is 0 Å². The Morgan fingerprint density at radius 1 is 1.33 bits per heavy atom. The van der Waals surface area contributed by atoms with Crippen LogP contribution in [0.4, 0.5) is 0 Å². The fourth-order valence-electron chi connectivity index (χ4n) is 2.80. The largest absolute Gasteiger partial charge is 0.354 e.